The summed E-state index contributed by atoms with van der Waals surface area (Å²) >= 11 is 0. The quantitative estimate of drug-likeness (QED) is 0.923. The highest BCUT2D eigenvalue weighted by Gasteiger charge is 2.19. The number of fused-ring (bicyclic) bond motifs is 1. The second kappa shape index (κ2) is 6.99. The van der Waals surface area contributed by atoms with Crippen LogP contribution in [0, 0.1) is 12.8 Å². The summed E-state index contributed by atoms with van der Waals surface area (Å²) < 4.78 is 1.80. The topological polar surface area (TPSA) is 46.9 Å². The lowest BCUT2D eigenvalue weighted by Crippen LogP contribution is -2.29. The molecular formula is C19H25N3O. The first-order valence-corrected chi connectivity index (χ1v) is 8.47. The molecule has 0 bridgehead atoms. The number of hydrogen-bond donors (Lipinski definition) is 1. The second-order valence-electron chi connectivity index (χ2n) is 6.73. The Hall–Kier alpha value is -2.10. The molecule has 23 heavy (non-hydrogen) atoms. The van der Waals surface area contributed by atoms with Gasteiger partial charge in [-0.25, -0.2) is 0 Å². The van der Waals surface area contributed by atoms with Crippen LogP contribution in [0.25, 0.3) is 0 Å². The summed E-state index contributed by atoms with van der Waals surface area (Å²) in [5.41, 5.74) is 5.00. The van der Waals surface area contributed by atoms with E-state index in [1.165, 1.54) is 28.8 Å². The molecule has 1 aliphatic carbocycles. The monoisotopic (exact) mass is 311 g/mol. The van der Waals surface area contributed by atoms with Crippen molar-refractivity contribution < 1.29 is 4.79 Å². The van der Waals surface area contributed by atoms with E-state index in [0.717, 1.165) is 25.2 Å². The van der Waals surface area contributed by atoms with E-state index in [-0.39, 0.29) is 5.91 Å². The summed E-state index contributed by atoms with van der Waals surface area (Å²) in [4.78, 5) is 12.1. The van der Waals surface area contributed by atoms with Crippen LogP contribution in [0.3, 0.4) is 0 Å². The van der Waals surface area contributed by atoms with Crippen LogP contribution in [0.1, 0.15) is 35.7 Å². The zero-order valence-electron chi connectivity index (χ0n) is 14.0. The van der Waals surface area contributed by atoms with Crippen LogP contribution >= 0.6 is 0 Å². The molecule has 2 aromatic rings. The molecule has 0 spiro atoms. The third kappa shape index (κ3) is 4.21. The lowest BCUT2D eigenvalue weighted by molar-refractivity contribution is -0.121. The summed E-state index contributed by atoms with van der Waals surface area (Å²) in [6.07, 6.45) is 6.24. The summed E-state index contributed by atoms with van der Waals surface area (Å²) in [5.74, 6) is 0.758. The van der Waals surface area contributed by atoms with E-state index in [0.29, 0.717) is 13.1 Å². The van der Waals surface area contributed by atoms with Gasteiger partial charge in [-0.3, -0.25) is 9.48 Å². The van der Waals surface area contributed by atoms with Crippen molar-refractivity contribution in [3.8, 4) is 0 Å². The van der Waals surface area contributed by atoms with E-state index in [1.807, 2.05) is 6.20 Å². The Morgan fingerprint density at radius 1 is 1.35 bits per heavy atom. The molecule has 3 rings (SSSR count). The van der Waals surface area contributed by atoms with Gasteiger partial charge in [0.1, 0.15) is 6.54 Å². The summed E-state index contributed by atoms with van der Waals surface area (Å²) in [5, 5.41) is 7.54. The number of carbonyl (C=O) groups is 1. The molecule has 0 saturated heterocycles. The average molecular weight is 311 g/mol. The predicted molar refractivity (Wildman–Crippen MR) is 91.3 cm³/mol. The van der Waals surface area contributed by atoms with Crippen LogP contribution in [-0.4, -0.2) is 22.2 Å². The largest absolute Gasteiger partial charge is 0.354 e. The fraction of sp³-hybridized carbons (Fsp3) is 0.474. The van der Waals surface area contributed by atoms with Crippen LogP contribution in [0.2, 0.25) is 0 Å². The van der Waals surface area contributed by atoms with Crippen LogP contribution in [-0.2, 0) is 30.6 Å². The molecule has 0 saturated carbocycles. The Labute approximate surface area is 137 Å². The Kier molecular flexibility index (Phi) is 4.79. The van der Waals surface area contributed by atoms with E-state index in [9.17, 15) is 4.79 Å². The molecule has 122 valence electrons. The highest BCUT2D eigenvalue weighted by molar-refractivity contribution is 5.75. The number of rotatable bonds is 5. The molecule has 1 aliphatic rings. The molecular weight excluding hydrogens is 286 g/mol. The van der Waals surface area contributed by atoms with Gasteiger partial charge in [-0.15, -0.1) is 0 Å². The van der Waals surface area contributed by atoms with Crippen molar-refractivity contribution in [2.45, 2.75) is 46.1 Å². The summed E-state index contributed by atoms with van der Waals surface area (Å²) in [6, 6.07) is 8.44. The Balaban J connectivity index is 1.47. The van der Waals surface area contributed by atoms with Crippen molar-refractivity contribution in [1.29, 1.82) is 0 Å². The first-order chi connectivity index (χ1) is 11.1. The molecule has 1 atom stereocenters. The summed E-state index contributed by atoms with van der Waals surface area (Å²) in [7, 11) is 0. The molecule has 1 unspecified atom stereocenters. The molecule has 0 aliphatic heterocycles. The number of nitrogens with one attached hydrogen (secondary N) is 1. The van der Waals surface area contributed by atoms with E-state index in [2.05, 4.69) is 48.5 Å². The zero-order chi connectivity index (χ0) is 16.2. The van der Waals surface area contributed by atoms with Gasteiger partial charge in [0, 0.05) is 12.7 Å². The van der Waals surface area contributed by atoms with Crippen molar-refractivity contribution in [3.05, 3.63) is 52.8 Å². The van der Waals surface area contributed by atoms with Crippen LogP contribution in [0.4, 0.5) is 0 Å². The highest BCUT2D eigenvalue weighted by atomic mass is 16.2. The standard InChI is InChI=1S/C19H25N3O/c1-14-3-6-16(7-4-14)9-10-20-19(23)13-22-12-17-11-15(2)5-8-18(17)21-22/h3-4,6-7,12,15H,5,8-11,13H2,1-2H3,(H,20,23). The number of benzene rings is 1. The molecule has 4 heteroatoms. The van der Waals surface area contributed by atoms with E-state index in [1.54, 1.807) is 4.68 Å². The van der Waals surface area contributed by atoms with Gasteiger partial charge in [-0.1, -0.05) is 36.8 Å². The average Bonchev–Trinajstić information content (AvgIpc) is 2.90. The third-order valence-electron chi connectivity index (χ3n) is 4.53. The number of hydrogen-bond acceptors (Lipinski definition) is 2. The van der Waals surface area contributed by atoms with Crippen molar-refractivity contribution in [1.82, 2.24) is 15.1 Å². The molecule has 1 N–H and O–H groups in total. The fourth-order valence-electron chi connectivity index (χ4n) is 3.13. The fourth-order valence-corrected chi connectivity index (χ4v) is 3.13. The van der Waals surface area contributed by atoms with Gasteiger partial charge in [0.2, 0.25) is 5.91 Å². The van der Waals surface area contributed by atoms with Crippen molar-refractivity contribution in [2.24, 2.45) is 5.92 Å². The van der Waals surface area contributed by atoms with Crippen molar-refractivity contribution in [2.75, 3.05) is 6.54 Å². The van der Waals surface area contributed by atoms with E-state index >= 15 is 0 Å². The van der Waals surface area contributed by atoms with Gasteiger partial charge < -0.3 is 5.32 Å². The molecule has 1 heterocycles. The minimum absolute atomic E-state index is 0.0324. The van der Waals surface area contributed by atoms with Crippen LogP contribution in [0.5, 0.6) is 0 Å². The lowest BCUT2D eigenvalue weighted by atomic mass is 9.89. The summed E-state index contributed by atoms with van der Waals surface area (Å²) in [6.45, 7) is 5.34. The first-order valence-electron chi connectivity index (χ1n) is 8.47. The van der Waals surface area contributed by atoms with Crippen LogP contribution < -0.4 is 5.32 Å². The molecule has 4 nitrogen and oxygen atoms in total. The number of nitrogens with zero attached hydrogens (tertiary/aromatic N) is 2. The van der Waals surface area contributed by atoms with Gasteiger partial charge in [-0.2, -0.15) is 5.10 Å². The van der Waals surface area contributed by atoms with Gasteiger partial charge in [0.15, 0.2) is 0 Å². The third-order valence-corrected chi connectivity index (χ3v) is 4.53. The molecule has 1 aromatic carbocycles. The van der Waals surface area contributed by atoms with Crippen molar-refractivity contribution in [3.63, 3.8) is 0 Å². The Morgan fingerprint density at radius 2 is 2.13 bits per heavy atom. The maximum absolute atomic E-state index is 12.1. The zero-order valence-corrected chi connectivity index (χ0v) is 14.0. The number of amides is 1. The van der Waals surface area contributed by atoms with Gasteiger partial charge in [-0.05, 0) is 49.7 Å². The minimum atomic E-state index is 0.0324. The number of aromatic nitrogens is 2. The minimum Gasteiger partial charge on any atom is -0.354 e. The Bertz CT molecular complexity index is 672. The molecule has 1 amide bonds. The highest BCUT2D eigenvalue weighted by Crippen LogP contribution is 2.23. The van der Waals surface area contributed by atoms with E-state index < -0.39 is 0 Å². The van der Waals surface area contributed by atoms with Crippen LogP contribution in [0.15, 0.2) is 30.5 Å². The maximum Gasteiger partial charge on any atom is 0.241 e. The van der Waals surface area contributed by atoms with Gasteiger partial charge >= 0.3 is 0 Å². The lowest BCUT2D eigenvalue weighted by Gasteiger charge is -2.15. The molecule has 0 radical (unpaired) electrons. The van der Waals surface area contributed by atoms with Gasteiger partial charge in [0.05, 0.1) is 5.69 Å². The van der Waals surface area contributed by atoms with E-state index in [4.69, 9.17) is 0 Å². The second-order valence-corrected chi connectivity index (χ2v) is 6.73. The first kappa shape index (κ1) is 15.8. The number of aryl methyl sites for hydroxylation is 2. The molecule has 0 fully saturated rings. The predicted octanol–water partition coefficient (Wildman–Crippen LogP) is 2.68. The Morgan fingerprint density at radius 3 is 2.91 bits per heavy atom. The maximum atomic E-state index is 12.1. The van der Waals surface area contributed by atoms with Crippen molar-refractivity contribution >= 4 is 5.91 Å². The smallest absolute Gasteiger partial charge is 0.241 e. The number of carbonyl (C=O) groups excluding carboxylic acids is 1. The van der Waals surface area contributed by atoms with Gasteiger partial charge in [0.25, 0.3) is 0 Å². The SMILES string of the molecule is Cc1ccc(CCNC(=O)Cn2cc3c(n2)CCC(C)C3)cc1. The normalized spacial score (nSPS) is 16.9. The molecule has 1 aromatic heterocycles.